The lowest BCUT2D eigenvalue weighted by atomic mass is 10.0. The fourth-order valence-electron chi connectivity index (χ4n) is 2.29. The molecule has 1 aromatic heterocycles. The summed E-state index contributed by atoms with van der Waals surface area (Å²) in [6.07, 6.45) is 0. The van der Waals surface area contributed by atoms with Crippen LogP contribution >= 0.6 is 23.6 Å². The largest absolute Gasteiger partial charge is 0.355 e. The van der Waals surface area contributed by atoms with Crippen LogP contribution in [0.15, 0.2) is 41.8 Å². The van der Waals surface area contributed by atoms with Crippen molar-refractivity contribution in [1.82, 2.24) is 5.32 Å². The molecule has 2 nitrogen and oxygen atoms in total. The third-order valence-electron chi connectivity index (χ3n) is 3.64. The number of rotatable bonds is 5. The Morgan fingerprint density at radius 3 is 2.23 bits per heavy atom. The van der Waals surface area contributed by atoms with Crippen LogP contribution in [0.3, 0.4) is 0 Å². The van der Waals surface area contributed by atoms with Gasteiger partial charge in [-0.05, 0) is 53.2 Å². The van der Waals surface area contributed by atoms with Crippen molar-refractivity contribution in [2.45, 2.75) is 39.7 Å². The number of thiocarbonyl (C=S) groups is 1. The minimum absolute atomic E-state index is 0.245. The van der Waals surface area contributed by atoms with Gasteiger partial charge in [0.05, 0.1) is 6.04 Å². The van der Waals surface area contributed by atoms with E-state index in [0.717, 1.165) is 5.69 Å². The van der Waals surface area contributed by atoms with Crippen molar-refractivity contribution in [3.63, 3.8) is 0 Å². The van der Waals surface area contributed by atoms with Crippen molar-refractivity contribution in [2.24, 2.45) is 5.92 Å². The van der Waals surface area contributed by atoms with Crippen molar-refractivity contribution >= 4 is 34.4 Å². The number of benzene rings is 1. The first kappa shape index (κ1) is 17.0. The lowest BCUT2D eigenvalue weighted by Crippen LogP contribution is -2.34. The second-order valence-electron chi connectivity index (χ2n) is 6.11. The molecular formula is C18H24N2S2. The van der Waals surface area contributed by atoms with E-state index in [1.807, 2.05) is 0 Å². The summed E-state index contributed by atoms with van der Waals surface area (Å²) in [5.41, 5.74) is 2.36. The summed E-state index contributed by atoms with van der Waals surface area (Å²) in [5.74, 6) is 1.02. The molecule has 0 aliphatic carbocycles. The monoisotopic (exact) mass is 332 g/mol. The Balaban J connectivity index is 1.99. The molecule has 0 aliphatic rings. The van der Waals surface area contributed by atoms with Crippen LogP contribution in [0.4, 0.5) is 5.69 Å². The Labute approximate surface area is 143 Å². The average molecular weight is 333 g/mol. The molecule has 0 spiro atoms. The maximum absolute atomic E-state index is 5.47. The summed E-state index contributed by atoms with van der Waals surface area (Å²) in [6, 6.07) is 12.9. The summed E-state index contributed by atoms with van der Waals surface area (Å²) in [7, 11) is 0. The first-order valence-corrected chi connectivity index (χ1v) is 8.97. The van der Waals surface area contributed by atoms with Gasteiger partial charge >= 0.3 is 0 Å². The zero-order valence-corrected chi connectivity index (χ0v) is 15.2. The fourth-order valence-corrected chi connectivity index (χ4v) is 3.49. The van der Waals surface area contributed by atoms with Crippen LogP contribution in [0.5, 0.6) is 0 Å². The van der Waals surface area contributed by atoms with Crippen molar-refractivity contribution < 1.29 is 0 Å². The van der Waals surface area contributed by atoms with Crippen LogP contribution in [-0.2, 0) is 0 Å². The van der Waals surface area contributed by atoms with Crippen LogP contribution in [0.1, 0.15) is 50.1 Å². The molecule has 2 aromatic rings. The zero-order chi connectivity index (χ0) is 16.1. The Hall–Kier alpha value is -1.39. The maximum Gasteiger partial charge on any atom is 0.171 e. The lowest BCUT2D eigenvalue weighted by molar-refractivity contribution is 0.480. The molecule has 0 fully saturated rings. The molecule has 0 saturated heterocycles. The zero-order valence-electron chi connectivity index (χ0n) is 13.6. The molecule has 0 unspecified atom stereocenters. The Bertz CT molecular complexity index is 586. The van der Waals surface area contributed by atoms with Gasteiger partial charge in [0.1, 0.15) is 0 Å². The van der Waals surface area contributed by atoms with E-state index in [4.69, 9.17) is 12.2 Å². The molecule has 22 heavy (non-hydrogen) atoms. The SMILES string of the molecule is CC(C)c1ccc(NC(=S)N[C@H](c2cccs2)C(C)C)cc1. The number of hydrogen-bond acceptors (Lipinski definition) is 2. The van der Waals surface area contributed by atoms with Gasteiger partial charge in [-0.1, -0.05) is 45.9 Å². The molecule has 0 bridgehead atoms. The molecule has 1 atom stereocenters. The van der Waals surface area contributed by atoms with Crippen molar-refractivity contribution in [3.8, 4) is 0 Å². The van der Waals surface area contributed by atoms with E-state index in [-0.39, 0.29) is 6.04 Å². The van der Waals surface area contributed by atoms with Crippen molar-refractivity contribution in [1.29, 1.82) is 0 Å². The number of thiophene rings is 1. The van der Waals surface area contributed by atoms with Gasteiger partial charge in [-0.3, -0.25) is 0 Å². The molecule has 1 heterocycles. The first-order valence-electron chi connectivity index (χ1n) is 7.68. The molecular weight excluding hydrogens is 308 g/mol. The molecule has 0 radical (unpaired) electrons. The van der Waals surface area contributed by atoms with Gasteiger partial charge in [-0.25, -0.2) is 0 Å². The molecule has 0 aliphatic heterocycles. The van der Waals surface area contributed by atoms with Crippen LogP contribution < -0.4 is 10.6 Å². The van der Waals surface area contributed by atoms with Gasteiger partial charge < -0.3 is 10.6 Å². The van der Waals surface area contributed by atoms with Gasteiger partial charge in [0.15, 0.2) is 5.11 Å². The normalized spacial score (nSPS) is 12.5. The highest BCUT2D eigenvalue weighted by Gasteiger charge is 2.17. The van der Waals surface area contributed by atoms with E-state index in [0.29, 0.717) is 16.9 Å². The number of hydrogen-bond donors (Lipinski definition) is 2. The molecule has 118 valence electrons. The standard InChI is InChI=1S/C18H24N2S2/c1-12(2)14-7-9-15(10-8-14)19-18(21)20-17(13(3)4)16-6-5-11-22-16/h5-13,17H,1-4H3,(H2,19,20,21)/t17-/m0/s1. The highest BCUT2D eigenvalue weighted by Crippen LogP contribution is 2.26. The summed E-state index contributed by atoms with van der Waals surface area (Å²) >= 11 is 7.24. The van der Waals surface area contributed by atoms with Crippen molar-refractivity contribution in [2.75, 3.05) is 5.32 Å². The molecule has 0 amide bonds. The summed E-state index contributed by atoms with van der Waals surface area (Å²) in [4.78, 5) is 1.31. The van der Waals surface area contributed by atoms with E-state index in [1.165, 1.54) is 10.4 Å². The Morgan fingerprint density at radius 1 is 1.05 bits per heavy atom. The molecule has 0 saturated carbocycles. The summed E-state index contributed by atoms with van der Waals surface area (Å²) in [6.45, 7) is 8.81. The van der Waals surface area contributed by atoms with Crippen LogP contribution in [0, 0.1) is 5.92 Å². The minimum Gasteiger partial charge on any atom is -0.355 e. The molecule has 2 rings (SSSR count). The highest BCUT2D eigenvalue weighted by atomic mass is 32.1. The van der Waals surface area contributed by atoms with E-state index in [1.54, 1.807) is 11.3 Å². The Morgan fingerprint density at radius 2 is 1.73 bits per heavy atom. The van der Waals surface area contributed by atoms with Gasteiger partial charge in [0.2, 0.25) is 0 Å². The van der Waals surface area contributed by atoms with Crippen LogP contribution in [0.2, 0.25) is 0 Å². The van der Waals surface area contributed by atoms with Gasteiger partial charge in [0.25, 0.3) is 0 Å². The van der Waals surface area contributed by atoms with Crippen LogP contribution in [0.25, 0.3) is 0 Å². The van der Waals surface area contributed by atoms with E-state index in [2.05, 4.69) is 80.1 Å². The predicted octanol–water partition coefficient (Wildman–Crippen LogP) is 5.56. The lowest BCUT2D eigenvalue weighted by Gasteiger charge is -2.23. The highest BCUT2D eigenvalue weighted by molar-refractivity contribution is 7.80. The second-order valence-corrected chi connectivity index (χ2v) is 7.50. The third kappa shape index (κ3) is 4.55. The van der Waals surface area contributed by atoms with Gasteiger partial charge in [-0.2, -0.15) is 0 Å². The quantitative estimate of drug-likeness (QED) is 0.701. The van der Waals surface area contributed by atoms with Crippen LogP contribution in [-0.4, -0.2) is 5.11 Å². The maximum atomic E-state index is 5.47. The molecule has 1 aromatic carbocycles. The smallest absolute Gasteiger partial charge is 0.171 e. The molecule has 2 N–H and O–H groups in total. The van der Waals surface area contributed by atoms with Gasteiger partial charge in [-0.15, -0.1) is 11.3 Å². The van der Waals surface area contributed by atoms with E-state index in [9.17, 15) is 0 Å². The van der Waals surface area contributed by atoms with E-state index >= 15 is 0 Å². The van der Waals surface area contributed by atoms with Gasteiger partial charge in [0, 0.05) is 10.6 Å². The third-order valence-corrected chi connectivity index (χ3v) is 4.81. The van der Waals surface area contributed by atoms with Crippen molar-refractivity contribution in [3.05, 3.63) is 52.2 Å². The summed E-state index contributed by atoms with van der Waals surface area (Å²) in [5, 5.41) is 9.49. The van der Waals surface area contributed by atoms with E-state index < -0.39 is 0 Å². The average Bonchev–Trinajstić information content (AvgIpc) is 2.99. The number of nitrogens with one attached hydrogen (secondary N) is 2. The fraction of sp³-hybridized carbons (Fsp3) is 0.389. The molecule has 4 heteroatoms. The first-order chi connectivity index (χ1) is 10.5. The topological polar surface area (TPSA) is 24.1 Å². The second kappa shape index (κ2) is 7.75. The Kier molecular flexibility index (Phi) is 5.98. The summed E-state index contributed by atoms with van der Waals surface area (Å²) < 4.78 is 0. The predicted molar refractivity (Wildman–Crippen MR) is 102 cm³/mol. The number of anilines is 1. The minimum atomic E-state index is 0.245.